The summed E-state index contributed by atoms with van der Waals surface area (Å²) in [5.41, 5.74) is 6.62. The Labute approximate surface area is 475 Å². The lowest BCUT2D eigenvalue weighted by molar-refractivity contribution is 0.117. The van der Waals surface area contributed by atoms with Gasteiger partial charge in [-0.1, -0.05) is 195 Å². The van der Waals surface area contributed by atoms with Crippen molar-refractivity contribution in [2.24, 2.45) is 16.2 Å². The van der Waals surface area contributed by atoms with Crippen molar-refractivity contribution >= 4 is 46.5 Å². The molecule has 0 saturated heterocycles. The van der Waals surface area contributed by atoms with Gasteiger partial charge in [0.05, 0.1) is 18.3 Å². The summed E-state index contributed by atoms with van der Waals surface area (Å²) < 4.78 is 22.0. The molecule has 0 heterocycles. The Bertz CT molecular complexity index is 2640. The van der Waals surface area contributed by atoms with Gasteiger partial charge in [-0.2, -0.15) is 0 Å². The van der Waals surface area contributed by atoms with Gasteiger partial charge in [-0.15, -0.1) is 37.9 Å². The van der Waals surface area contributed by atoms with Crippen LogP contribution in [0.25, 0.3) is 0 Å². The summed E-state index contributed by atoms with van der Waals surface area (Å²) in [4.78, 5) is 2.49. The third-order valence-corrected chi connectivity index (χ3v) is 18.4. The molecule has 0 saturated carbocycles. The van der Waals surface area contributed by atoms with Gasteiger partial charge < -0.3 is 28.9 Å². The number of hydrogen-bond donors (Lipinski definition) is 6. The van der Waals surface area contributed by atoms with E-state index in [-0.39, 0.29) is 34.0 Å². The largest absolute Gasteiger partial charge is 0.530 e. The van der Waals surface area contributed by atoms with E-state index in [2.05, 4.69) is 177 Å². The zero-order chi connectivity index (χ0) is 56.7. The Hall–Kier alpha value is -3.92. The molecular weight excluding hydrogens is 1020 g/mol. The van der Waals surface area contributed by atoms with Gasteiger partial charge in [0.1, 0.15) is 17.2 Å². The molecule has 6 aromatic carbocycles. The molecule has 76 heavy (non-hydrogen) atoms. The topological polar surface area (TPSA) is 88.4 Å². The van der Waals surface area contributed by atoms with Crippen LogP contribution in [0.3, 0.4) is 0 Å². The number of aliphatic hydroxyl groups excluding tert-OH is 3. The Morgan fingerprint density at radius 3 is 0.763 bits per heavy atom. The molecule has 0 aliphatic rings. The van der Waals surface area contributed by atoms with E-state index in [9.17, 15) is 15.3 Å². The molecule has 0 spiro atoms. The third-order valence-electron chi connectivity index (χ3n) is 16.2. The summed E-state index contributed by atoms with van der Waals surface area (Å²) in [6, 6.07) is 43.5. The Morgan fingerprint density at radius 2 is 0.566 bits per heavy atom. The van der Waals surface area contributed by atoms with Crippen molar-refractivity contribution in [3.8, 4) is 17.2 Å². The summed E-state index contributed by atoms with van der Waals surface area (Å²) in [6.07, 6.45) is -1.69. The molecule has 0 bridgehead atoms. The van der Waals surface area contributed by atoms with Gasteiger partial charge in [-0.25, -0.2) is 0 Å². The monoisotopic (exact) mass is 1100 g/mol. The molecule has 0 amide bonds. The maximum absolute atomic E-state index is 10.8. The molecule has 0 aliphatic heterocycles. The number of rotatable bonds is 18. The molecule has 0 radical (unpaired) electrons. The minimum Gasteiger partial charge on any atom is -0.408 e. The molecule has 6 rings (SSSR count). The first-order valence-corrected chi connectivity index (χ1v) is 29.2. The van der Waals surface area contributed by atoms with Crippen LogP contribution < -0.4 is 13.6 Å². The van der Waals surface area contributed by atoms with Crippen molar-refractivity contribution in [1.29, 1.82) is 0 Å². The van der Waals surface area contributed by atoms with Crippen molar-refractivity contribution in [1.82, 2.24) is 0 Å². The van der Waals surface area contributed by atoms with Crippen LogP contribution in [0.1, 0.15) is 192 Å². The summed E-state index contributed by atoms with van der Waals surface area (Å²) in [5.74, 6) is 1.31. The van der Waals surface area contributed by atoms with Gasteiger partial charge in [0.15, 0.2) is 0 Å². The molecule has 6 unspecified atom stereocenters. The number of hydrogen-bond acceptors (Lipinski definition) is 9. The number of benzene rings is 6. The van der Waals surface area contributed by atoms with E-state index in [4.69, 9.17) is 51.5 Å². The van der Waals surface area contributed by atoms with Crippen LogP contribution in [0.15, 0.2) is 142 Å². The van der Waals surface area contributed by atoms with Crippen molar-refractivity contribution in [3.63, 3.8) is 0 Å². The molecule has 10 heteroatoms. The Kier molecular flexibility index (Phi) is 18.9. The average Bonchev–Trinajstić information content (AvgIpc) is 3.30. The van der Waals surface area contributed by atoms with E-state index in [1.165, 1.54) is 0 Å². The predicted octanol–water partition coefficient (Wildman–Crippen LogP) is 17.8. The second kappa shape index (κ2) is 23.4. The first-order chi connectivity index (χ1) is 35.1. The van der Waals surface area contributed by atoms with Crippen LogP contribution in [0.4, 0.5) is 0 Å². The third kappa shape index (κ3) is 13.4. The molecule has 6 atom stereocenters. The molecule has 0 aliphatic carbocycles. The second-order valence-electron chi connectivity index (χ2n) is 26.0. The highest BCUT2D eigenvalue weighted by Crippen LogP contribution is 2.55. The number of aliphatic hydroxyl groups is 3. The highest BCUT2D eigenvalue weighted by Gasteiger charge is 2.39. The van der Waals surface area contributed by atoms with E-state index >= 15 is 0 Å². The van der Waals surface area contributed by atoms with E-state index in [0.29, 0.717) is 17.2 Å². The standard InChI is InChI=1S/C66H87O6PS3/c1-40(67)64(13,14)43-31-34-49(55(74)37-43)58(61(4,5)6)46-25-19-22-28-52(46)70-73(71-53-29-23-20-26-47(53)59(62(7,8)9)50-35-32-44(38-56(50)75)65(15,16)41(2)68)72-54-30-24-21-27-48(54)60(63(10,11)12)51-36-33-45(39-57(51)76)66(17,18)42(3)69/h19-42,58-60,67-69,74-76H,1-18H3. The van der Waals surface area contributed by atoms with E-state index in [1.807, 2.05) is 75.4 Å². The summed E-state index contributed by atoms with van der Waals surface area (Å²) in [7, 11) is -2.27. The molecule has 3 N–H and O–H groups in total. The molecule has 410 valence electrons. The summed E-state index contributed by atoms with van der Waals surface area (Å²) >= 11 is 15.5. The van der Waals surface area contributed by atoms with Crippen molar-refractivity contribution in [2.45, 2.75) is 192 Å². The predicted molar refractivity (Wildman–Crippen MR) is 327 cm³/mol. The quantitative estimate of drug-likeness (QED) is 0.0380. The highest BCUT2D eigenvalue weighted by atomic mass is 32.1. The summed E-state index contributed by atoms with van der Waals surface area (Å²) in [6.45, 7) is 37.9. The lowest BCUT2D eigenvalue weighted by atomic mass is 9.71. The van der Waals surface area contributed by atoms with Crippen LogP contribution in [0.5, 0.6) is 17.2 Å². The van der Waals surface area contributed by atoms with Crippen LogP contribution in [-0.2, 0) is 16.2 Å². The molecule has 0 aromatic heterocycles. The minimum absolute atomic E-state index is 0.182. The number of para-hydroxylation sites is 3. The van der Waals surface area contributed by atoms with Crippen LogP contribution in [-0.4, -0.2) is 33.6 Å². The first kappa shape index (κ1) is 61.3. The molecular formula is C66H87O6PS3. The van der Waals surface area contributed by atoms with E-state index in [1.54, 1.807) is 0 Å². The maximum atomic E-state index is 10.8. The van der Waals surface area contributed by atoms with Gasteiger partial charge in [0.25, 0.3) is 0 Å². The van der Waals surface area contributed by atoms with Crippen LogP contribution >= 0.6 is 46.5 Å². The molecule has 6 nitrogen and oxygen atoms in total. The molecule has 6 aromatic rings. The minimum atomic E-state index is -2.27. The van der Waals surface area contributed by atoms with Crippen molar-refractivity contribution in [3.05, 3.63) is 177 Å². The lowest BCUT2D eigenvalue weighted by Crippen LogP contribution is -2.31. The van der Waals surface area contributed by atoms with Gasteiger partial charge >= 0.3 is 8.60 Å². The van der Waals surface area contributed by atoms with Crippen LogP contribution in [0, 0.1) is 16.2 Å². The smallest absolute Gasteiger partial charge is 0.408 e. The van der Waals surface area contributed by atoms with Crippen molar-refractivity contribution < 1.29 is 28.9 Å². The fourth-order valence-electron chi connectivity index (χ4n) is 10.3. The van der Waals surface area contributed by atoms with Crippen molar-refractivity contribution in [2.75, 3.05) is 0 Å². The normalized spacial score (nSPS) is 15.8. The van der Waals surface area contributed by atoms with E-state index in [0.717, 1.165) is 64.8 Å². The maximum Gasteiger partial charge on any atom is 0.530 e. The summed E-state index contributed by atoms with van der Waals surface area (Å²) in [5, 5.41) is 32.3. The van der Waals surface area contributed by atoms with Gasteiger partial charge in [0.2, 0.25) is 0 Å². The van der Waals surface area contributed by atoms with Gasteiger partial charge in [-0.3, -0.25) is 0 Å². The Balaban J connectivity index is 1.55. The zero-order valence-electron chi connectivity index (χ0n) is 48.4. The highest BCUT2D eigenvalue weighted by molar-refractivity contribution is 7.80. The van der Waals surface area contributed by atoms with E-state index < -0.39 is 43.2 Å². The fraction of sp³-hybridized carbons (Fsp3) is 0.455. The van der Waals surface area contributed by atoms with Crippen LogP contribution in [0.2, 0.25) is 0 Å². The second-order valence-corrected chi connectivity index (χ2v) is 28.5. The zero-order valence-corrected chi connectivity index (χ0v) is 52.0. The van der Waals surface area contributed by atoms with Gasteiger partial charge in [0, 0.05) is 65.4 Å². The fourth-order valence-corrected chi connectivity index (χ4v) is 12.4. The molecule has 0 fully saturated rings. The number of thiol groups is 3. The Morgan fingerprint density at radius 1 is 0.342 bits per heavy atom. The lowest BCUT2D eigenvalue weighted by Gasteiger charge is -2.36. The SMILES string of the molecule is CC(O)C(C)(C)c1ccc(C(c2ccccc2OP(Oc2ccccc2C(c2ccc(C(C)(C)C(C)O)cc2S)C(C)(C)C)Oc2ccccc2C(c2ccc(C(C)(C)C(C)O)cc2S)C(C)(C)C)C(C)(C)C)c(S)c1. The average molecular weight is 1100 g/mol. The first-order valence-electron chi connectivity index (χ1n) is 26.7. The van der Waals surface area contributed by atoms with Gasteiger partial charge in [-0.05, 0) is 107 Å².